The van der Waals surface area contributed by atoms with Gasteiger partial charge in [-0.15, -0.1) is 0 Å². The minimum atomic E-state index is -2.99. The Balaban J connectivity index is 2.61. The predicted molar refractivity (Wildman–Crippen MR) is 80.0 cm³/mol. The third-order valence-corrected chi connectivity index (χ3v) is 4.27. The van der Waals surface area contributed by atoms with Crippen LogP contribution in [0.1, 0.15) is 18.0 Å². The minimum absolute atomic E-state index is 0.0854. The maximum absolute atomic E-state index is 13.8. The largest absolute Gasteiger partial charge is 0.313 e. The van der Waals surface area contributed by atoms with E-state index in [1.54, 1.807) is 20.2 Å². The molecule has 0 saturated heterocycles. The van der Waals surface area contributed by atoms with E-state index < -0.39 is 21.5 Å². The van der Waals surface area contributed by atoms with Gasteiger partial charge in [0.25, 0.3) is 0 Å². The van der Waals surface area contributed by atoms with E-state index in [9.17, 15) is 17.2 Å². The molecule has 1 atom stereocenters. The molecule has 0 spiro atoms. The molecule has 0 aliphatic heterocycles. The summed E-state index contributed by atoms with van der Waals surface area (Å²) in [7, 11) is 0.497. The van der Waals surface area contributed by atoms with Crippen molar-refractivity contribution in [1.82, 2.24) is 10.2 Å². The summed E-state index contributed by atoms with van der Waals surface area (Å²) >= 11 is 0. The molecule has 0 fully saturated rings. The molecule has 0 radical (unpaired) electrons. The normalized spacial score (nSPS) is 13.6. The average Bonchev–Trinajstić information content (AvgIpc) is 2.40. The highest BCUT2D eigenvalue weighted by Crippen LogP contribution is 2.21. The molecule has 0 aromatic heterocycles. The fraction of sp³-hybridized carbons (Fsp3) is 0.571. The smallest absolute Gasteiger partial charge is 0.163 e. The standard InChI is InChI=1S/C14H22F2N2O2S/c1-17-13(11-5-4-6-12(15)14(11)16)7-8-18(2)9-10-21(3,19)20/h4-6,13,17H,7-10H2,1-3H3. The molecule has 0 heterocycles. The molecule has 4 nitrogen and oxygen atoms in total. The van der Waals surface area contributed by atoms with Crippen LogP contribution in [0.4, 0.5) is 8.78 Å². The van der Waals surface area contributed by atoms with Crippen molar-refractivity contribution in [3.05, 3.63) is 35.4 Å². The highest BCUT2D eigenvalue weighted by molar-refractivity contribution is 7.90. The van der Waals surface area contributed by atoms with Crippen LogP contribution in [0, 0.1) is 11.6 Å². The van der Waals surface area contributed by atoms with Crippen LogP contribution < -0.4 is 5.32 Å². The van der Waals surface area contributed by atoms with Gasteiger partial charge in [0, 0.05) is 24.4 Å². The Morgan fingerprint density at radius 3 is 2.52 bits per heavy atom. The molecule has 1 rings (SSSR count). The van der Waals surface area contributed by atoms with Gasteiger partial charge in [-0.1, -0.05) is 12.1 Å². The zero-order valence-electron chi connectivity index (χ0n) is 12.6. The van der Waals surface area contributed by atoms with Gasteiger partial charge in [-0.3, -0.25) is 0 Å². The van der Waals surface area contributed by atoms with E-state index in [-0.39, 0.29) is 17.4 Å². The molecule has 1 aromatic carbocycles. The van der Waals surface area contributed by atoms with Crippen molar-refractivity contribution in [3.63, 3.8) is 0 Å². The molecule has 21 heavy (non-hydrogen) atoms. The van der Waals surface area contributed by atoms with Crippen molar-refractivity contribution >= 4 is 9.84 Å². The number of halogens is 2. The fourth-order valence-corrected chi connectivity index (χ4v) is 2.67. The Labute approximate surface area is 125 Å². The third-order valence-electron chi connectivity index (χ3n) is 3.35. The maximum Gasteiger partial charge on any atom is 0.163 e. The minimum Gasteiger partial charge on any atom is -0.313 e. The number of sulfone groups is 1. The molecule has 0 aliphatic carbocycles. The average molecular weight is 320 g/mol. The summed E-state index contributed by atoms with van der Waals surface area (Å²) in [6.07, 6.45) is 1.75. The zero-order valence-corrected chi connectivity index (χ0v) is 13.4. The summed E-state index contributed by atoms with van der Waals surface area (Å²) in [4.78, 5) is 1.86. The van der Waals surface area contributed by atoms with Gasteiger partial charge in [-0.2, -0.15) is 0 Å². The van der Waals surface area contributed by atoms with Crippen molar-refractivity contribution in [2.75, 3.05) is 39.2 Å². The van der Waals surface area contributed by atoms with Crippen LogP contribution in [0.15, 0.2) is 18.2 Å². The van der Waals surface area contributed by atoms with Gasteiger partial charge in [-0.05, 0) is 33.1 Å². The first-order chi connectivity index (χ1) is 9.74. The second kappa shape index (κ2) is 7.82. The number of rotatable bonds is 8. The van der Waals surface area contributed by atoms with Gasteiger partial charge >= 0.3 is 0 Å². The van der Waals surface area contributed by atoms with Crippen LogP contribution in [0.2, 0.25) is 0 Å². The Morgan fingerprint density at radius 2 is 1.95 bits per heavy atom. The van der Waals surface area contributed by atoms with E-state index in [4.69, 9.17) is 0 Å². The van der Waals surface area contributed by atoms with Crippen molar-refractivity contribution in [3.8, 4) is 0 Å². The second-order valence-corrected chi connectivity index (χ2v) is 7.47. The van der Waals surface area contributed by atoms with Crippen molar-refractivity contribution in [2.24, 2.45) is 0 Å². The molecule has 1 N–H and O–H groups in total. The van der Waals surface area contributed by atoms with Gasteiger partial charge in [0.15, 0.2) is 11.6 Å². The summed E-state index contributed by atoms with van der Waals surface area (Å²) in [5.41, 5.74) is 0.286. The maximum atomic E-state index is 13.8. The van der Waals surface area contributed by atoms with Gasteiger partial charge in [-0.25, -0.2) is 17.2 Å². The summed E-state index contributed by atoms with van der Waals surface area (Å²) in [6, 6.07) is 3.80. The predicted octanol–water partition coefficient (Wildman–Crippen LogP) is 1.59. The molecule has 0 saturated carbocycles. The van der Waals surface area contributed by atoms with Crippen LogP contribution in [0.5, 0.6) is 0 Å². The van der Waals surface area contributed by atoms with Crippen LogP contribution in [0.3, 0.4) is 0 Å². The molecule has 0 bridgehead atoms. The molecular formula is C14H22F2N2O2S. The van der Waals surface area contributed by atoms with Crippen molar-refractivity contribution < 1.29 is 17.2 Å². The lowest BCUT2D eigenvalue weighted by Gasteiger charge is -2.22. The first kappa shape index (κ1) is 18.0. The zero-order chi connectivity index (χ0) is 16.0. The second-order valence-electron chi connectivity index (χ2n) is 5.21. The monoisotopic (exact) mass is 320 g/mol. The lowest BCUT2D eigenvalue weighted by molar-refractivity contribution is 0.323. The van der Waals surface area contributed by atoms with E-state index in [0.29, 0.717) is 19.5 Å². The van der Waals surface area contributed by atoms with Crippen molar-refractivity contribution in [2.45, 2.75) is 12.5 Å². The highest BCUT2D eigenvalue weighted by atomic mass is 32.2. The number of benzene rings is 1. The number of nitrogens with zero attached hydrogens (tertiary/aromatic N) is 1. The molecule has 1 aromatic rings. The molecule has 0 aliphatic rings. The van der Waals surface area contributed by atoms with Crippen molar-refractivity contribution in [1.29, 1.82) is 0 Å². The Kier molecular flexibility index (Phi) is 6.70. The lowest BCUT2D eigenvalue weighted by atomic mass is 10.0. The molecule has 120 valence electrons. The van der Waals surface area contributed by atoms with E-state index in [1.807, 2.05) is 4.90 Å². The number of hydrogen-bond donors (Lipinski definition) is 1. The molecule has 1 unspecified atom stereocenters. The van der Waals surface area contributed by atoms with E-state index in [0.717, 1.165) is 6.07 Å². The van der Waals surface area contributed by atoms with Crippen LogP contribution in [-0.2, 0) is 9.84 Å². The third kappa shape index (κ3) is 6.07. The highest BCUT2D eigenvalue weighted by Gasteiger charge is 2.17. The van der Waals surface area contributed by atoms with E-state index in [1.165, 1.54) is 12.3 Å². The fourth-order valence-electron chi connectivity index (χ4n) is 2.03. The lowest BCUT2D eigenvalue weighted by Crippen LogP contribution is -2.29. The summed E-state index contributed by atoms with van der Waals surface area (Å²) in [6.45, 7) is 0.998. The summed E-state index contributed by atoms with van der Waals surface area (Å²) in [5.74, 6) is -1.61. The Morgan fingerprint density at radius 1 is 1.29 bits per heavy atom. The Bertz CT molecular complexity index is 564. The molecule has 0 amide bonds. The van der Waals surface area contributed by atoms with Gasteiger partial charge in [0.1, 0.15) is 9.84 Å². The van der Waals surface area contributed by atoms with Gasteiger partial charge in [0.2, 0.25) is 0 Å². The SMILES string of the molecule is CNC(CCN(C)CCS(C)(=O)=O)c1cccc(F)c1F. The van der Waals surface area contributed by atoms with Crippen LogP contribution in [0.25, 0.3) is 0 Å². The van der Waals surface area contributed by atoms with Crippen LogP contribution >= 0.6 is 0 Å². The number of hydrogen-bond acceptors (Lipinski definition) is 4. The summed E-state index contributed by atoms with van der Waals surface area (Å²) in [5, 5.41) is 2.96. The van der Waals surface area contributed by atoms with E-state index >= 15 is 0 Å². The van der Waals surface area contributed by atoms with Crippen LogP contribution in [-0.4, -0.2) is 52.5 Å². The Hall–Kier alpha value is -1.05. The topological polar surface area (TPSA) is 49.4 Å². The summed E-state index contributed by atoms with van der Waals surface area (Å²) < 4.78 is 49.2. The quantitative estimate of drug-likeness (QED) is 0.790. The van der Waals surface area contributed by atoms with E-state index in [2.05, 4.69) is 5.32 Å². The molecule has 7 heteroatoms. The number of nitrogens with one attached hydrogen (secondary N) is 1. The molecular weight excluding hydrogens is 298 g/mol. The van der Waals surface area contributed by atoms with Gasteiger partial charge in [0.05, 0.1) is 5.75 Å². The first-order valence-corrected chi connectivity index (χ1v) is 8.78. The first-order valence-electron chi connectivity index (χ1n) is 6.72. The van der Waals surface area contributed by atoms with Gasteiger partial charge < -0.3 is 10.2 Å².